The summed E-state index contributed by atoms with van der Waals surface area (Å²) >= 11 is 0. The fourth-order valence-electron chi connectivity index (χ4n) is 5.64. The number of carbonyl (C=O) groups excluding carboxylic acids is 2. The Morgan fingerprint density at radius 2 is 1.84 bits per heavy atom. The number of nitrogens with one attached hydrogen (secondary N) is 1. The monoisotopic (exact) mass is 434 g/mol. The molecule has 168 valence electrons. The zero-order valence-electron chi connectivity index (χ0n) is 18.7. The van der Waals surface area contributed by atoms with Gasteiger partial charge in [-0.2, -0.15) is 0 Å². The topological polar surface area (TPSA) is 67.9 Å². The molecule has 1 saturated heterocycles. The van der Waals surface area contributed by atoms with Crippen molar-refractivity contribution in [3.63, 3.8) is 0 Å². The van der Waals surface area contributed by atoms with Crippen molar-refractivity contribution in [3.8, 4) is 11.5 Å². The number of benzene rings is 2. The van der Waals surface area contributed by atoms with Gasteiger partial charge in [0.1, 0.15) is 0 Å². The number of hydrogen-bond acceptors (Lipinski definition) is 4. The van der Waals surface area contributed by atoms with E-state index in [-0.39, 0.29) is 36.0 Å². The average molecular weight is 435 g/mol. The maximum absolute atomic E-state index is 13.1. The minimum Gasteiger partial charge on any atom is -0.454 e. The summed E-state index contributed by atoms with van der Waals surface area (Å²) in [7, 11) is 0. The first-order chi connectivity index (χ1) is 15.4. The Kier molecular flexibility index (Phi) is 5.31. The van der Waals surface area contributed by atoms with Crippen molar-refractivity contribution in [1.29, 1.82) is 0 Å². The molecule has 1 spiro atoms. The molecule has 5 rings (SSSR count). The maximum Gasteiger partial charge on any atom is 0.253 e. The van der Waals surface area contributed by atoms with Gasteiger partial charge in [-0.05, 0) is 73.8 Å². The highest BCUT2D eigenvalue weighted by Gasteiger charge is 2.46. The number of likely N-dealkylation sites (tertiary alicyclic amines) is 1. The first-order valence-corrected chi connectivity index (χ1v) is 11.5. The molecule has 2 aromatic carbocycles. The Labute approximate surface area is 188 Å². The van der Waals surface area contributed by atoms with Crippen LogP contribution in [0.3, 0.4) is 0 Å². The van der Waals surface area contributed by atoms with Crippen LogP contribution < -0.4 is 14.8 Å². The summed E-state index contributed by atoms with van der Waals surface area (Å²) in [6, 6.07) is 14.1. The Hall–Kier alpha value is -3.02. The van der Waals surface area contributed by atoms with Crippen LogP contribution in [0.2, 0.25) is 0 Å². The number of amides is 2. The van der Waals surface area contributed by atoms with Crippen molar-refractivity contribution in [1.82, 2.24) is 10.2 Å². The molecule has 2 aromatic rings. The van der Waals surface area contributed by atoms with Gasteiger partial charge in [0.25, 0.3) is 5.91 Å². The summed E-state index contributed by atoms with van der Waals surface area (Å²) in [4.78, 5) is 27.6. The van der Waals surface area contributed by atoms with Gasteiger partial charge >= 0.3 is 0 Å². The summed E-state index contributed by atoms with van der Waals surface area (Å²) in [6.45, 7) is 5.62. The van der Waals surface area contributed by atoms with Crippen LogP contribution >= 0.6 is 0 Å². The molecule has 1 atom stereocenters. The fourth-order valence-corrected chi connectivity index (χ4v) is 5.64. The Bertz CT molecular complexity index is 1040. The quantitative estimate of drug-likeness (QED) is 0.790. The standard InChI is InChI=1S/C26H30N2O4/c1-17(2)27-24(29)14-19-15-26(21-6-4-3-5-20(19)21)9-11-28(12-10-26)25(30)18-7-8-22-23(13-18)32-16-31-22/h3-8,13,17,19H,9-12,14-16H2,1-2H3,(H,27,29)/t19-/m0/s1. The predicted molar refractivity (Wildman–Crippen MR) is 121 cm³/mol. The number of fused-ring (bicyclic) bond motifs is 3. The lowest BCUT2D eigenvalue weighted by atomic mass is 9.73. The van der Waals surface area contributed by atoms with Crippen LogP contribution in [0, 0.1) is 0 Å². The third-order valence-electron chi connectivity index (χ3n) is 7.12. The van der Waals surface area contributed by atoms with Crippen LogP contribution in [0.15, 0.2) is 42.5 Å². The molecule has 32 heavy (non-hydrogen) atoms. The number of nitrogens with zero attached hydrogens (tertiary/aromatic N) is 1. The number of hydrogen-bond donors (Lipinski definition) is 1. The summed E-state index contributed by atoms with van der Waals surface area (Å²) in [5, 5.41) is 3.04. The second-order valence-corrected chi connectivity index (χ2v) is 9.56. The number of rotatable bonds is 4. The highest BCUT2D eigenvalue weighted by molar-refractivity contribution is 5.95. The third kappa shape index (κ3) is 3.72. The van der Waals surface area contributed by atoms with E-state index in [9.17, 15) is 9.59 Å². The lowest BCUT2D eigenvalue weighted by Crippen LogP contribution is -2.44. The van der Waals surface area contributed by atoms with Gasteiger partial charge in [-0.1, -0.05) is 24.3 Å². The van der Waals surface area contributed by atoms with E-state index in [0.717, 1.165) is 19.3 Å². The van der Waals surface area contributed by atoms with Crippen molar-refractivity contribution < 1.29 is 19.1 Å². The van der Waals surface area contributed by atoms with Crippen molar-refractivity contribution in [3.05, 3.63) is 59.2 Å². The molecule has 0 unspecified atom stereocenters. The molecular weight excluding hydrogens is 404 g/mol. The van der Waals surface area contributed by atoms with Gasteiger partial charge in [0.05, 0.1) is 0 Å². The van der Waals surface area contributed by atoms with E-state index in [0.29, 0.717) is 36.6 Å². The van der Waals surface area contributed by atoms with E-state index in [1.165, 1.54) is 11.1 Å². The average Bonchev–Trinajstić information content (AvgIpc) is 3.36. The molecular formula is C26H30N2O4. The summed E-state index contributed by atoms with van der Waals surface area (Å²) in [5.41, 5.74) is 3.37. The normalized spacial score (nSPS) is 20.5. The summed E-state index contributed by atoms with van der Waals surface area (Å²) in [5.74, 6) is 1.72. The van der Waals surface area contributed by atoms with E-state index in [1.807, 2.05) is 24.8 Å². The summed E-state index contributed by atoms with van der Waals surface area (Å²) in [6.07, 6.45) is 3.34. The number of ether oxygens (including phenoxy) is 2. The largest absolute Gasteiger partial charge is 0.454 e. The maximum atomic E-state index is 13.1. The molecule has 0 aromatic heterocycles. The van der Waals surface area contributed by atoms with Crippen LogP contribution in [-0.2, 0) is 10.2 Å². The van der Waals surface area contributed by atoms with Crippen molar-refractivity contribution >= 4 is 11.8 Å². The van der Waals surface area contributed by atoms with Gasteiger partial charge in [0.15, 0.2) is 11.5 Å². The van der Waals surface area contributed by atoms with Crippen molar-refractivity contribution in [2.75, 3.05) is 19.9 Å². The van der Waals surface area contributed by atoms with E-state index in [4.69, 9.17) is 9.47 Å². The lowest BCUT2D eigenvalue weighted by molar-refractivity contribution is -0.122. The molecule has 0 radical (unpaired) electrons. The molecule has 2 amide bonds. The molecule has 2 heterocycles. The van der Waals surface area contributed by atoms with Crippen LogP contribution in [0.25, 0.3) is 0 Å². The van der Waals surface area contributed by atoms with Gasteiger partial charge in [-0.15, -0.1) is 0 Å². The van der Waals surface area contributed by atoms with Gasteiger partial charge in [0.2, 0.25) is 12.7 Å². The zero-order valence-corrected chi connectivity index (χ0v) is 18.7. The molecule has 2 aliphatic heterocycles. The van der Waals surface area contributed by atoms with E-state index in [1.54, 1.807) is 12.1 Å². The Balaban J connectivity index is 1.30. The van der Waals surface area contributed by atoms with Crippen molar-refractivity contribution in [2.24, 2.45) is 0 Å². The predicted octanol–water partition coefficient (Wildman–Crippen LogP) is 3.99. The van der Waals surface area contributed by atoms with Gasteiger partial charge in [-0.3, -0.25) is 9.59 Å². The van der Waals surface area contributed by atoms with Crippen LogP contribution in [0.4, 0.5) is 0 Å². The fraction of sp³-hybridized carbons (Fsp3) is 0.462. The molecule has 6 nitrogen and oxygen atoms in total. The Morgan fingerprint density at radius 1 is 1.09 bits per heavy atom. The Morgan fingerprint density at radius 3 is 2.62 bits per heavy atom. The van der Waals surface area contributed by atoms with E-state index in [2.05, 4.69) is 29.6 Å². The molecule has 1 aliphatic carbocycles. The van der Waals surface area contributed by atoms with Crippen molar-refractivity contribution in [2.45, 2.75) is 56.9 Å². The third-order valence-corrected chi connectivity index (χ3v) is 7.12. The minimum absolute atomic E-state index is 0.0392. The van der Waals surface area contributed by atoms with Gasteiger partial charge in [0, 0.05) is 31.1 Å². The molecule has 1 N–H and O–H groups in total. The van der Waals surface area contributed by atoms with Crippen LogP contribution in [-0.4, -0.2) is 42.6 Å². The lowest BCUT2D eigenvalue weighted by Gasteiger charge is -2.40. The highest BCUT2D eigenvalue weighted by Crippen LogP contribution is 2.52. The molecule has 3 aliphatic rings. The molecule has 6 heteroatoms. The van der Waals surface area contributed by atoms with Gasteiger partial charge in [-0.25, -0.2) is 0 Å². The second-order valence-electron chi connectivity index (χ2n) is 9.56. The minimum atomic E-state index is 0.0392. The first-order valence-electron chi connectivity index (χ1n) is 11.5. The van der Waals surface area contributed by atoms with E-state index < -0.39 is 0 Å². The number of piperidine rings is 1. The first kappa shape index (κ1) is 20.9. The highest BCUT2D eigenvalue weighted by atomic mass is 16.7. The number of carbonyl (C=O) groups is 2. The van der Waals surface area contributed by atoms with Crippen LogP contribution in [0.5, 0.6) is 11.5 Å². The summed E-state index contributed by atoms with van der Waals surface area (Å²) < 4.78 is 10.8. The van der Waals surface area contributed by atoms with Gasteiger partial charge < -0.3 is 19.7 Å². The molecule has 0 saturated carbocycles. The smallest absolute Gasteiger partial charge is 0.253 e. The SMILES string of the molecule is CC(C)NC(=O)C[C@H]1CC2(CCN(C(=O)c3ccc4c(c3)OCO4)CC2)c2ccccc21. The second kappa shape index (κ2) is 8.15. The van der Waals surface area contributed by atoms with Crippen LogP contribution in [0.1, 0.15) is 66.9 Å². The molecule has 1 fully saturated rings. The van der Waals surface area contributed by atoms with E-state index >= 15 is 0 Å². The molecule has 0 bridgehead atoms. The zero-order chi connectivity index (χ0) is 22.3.